The molecular formula is C21H19ClN6OS. The Bertz CT molecular complexity index is 1290. The average molecular weight is 439 g/mol. The summed E-state index contributed by atoms with van der Waals surface area (Å²) in [5.74, 6) is 0. The van der Waals surface area contributed by atoms with Crippen LogP contribution in [-0.2, 0) is 13.5 Å². The summed E-state index contributed by atoms with van der Waals surface area (Å²) in [7, 11) is 1.86. The van der Waals surface area contributed by atoms with Gasteiger partial charge in [-0.15, -0.1) is 5.10 Å². The summed E-state index contributed by atoms with van der Waals surface area (Å²) in [5.41, 5.74) is 4.39. The average Bonchev–Trinajstić information content (AvgIpc) is 3.41. The second kappa shape index (κ2) is 7.45. The molecule has 1 unspecified atom stereocenters. The van der Waals surface area contributed by atoms with Gasteiger partial charge >= 0.3 is 0 Å². The van der Waals surface area contributed by atoms with Gasteiger partial charge in [0.1, 0.15) is 0 Å². The minimum Gasteiger partial charge on any atom is -0.283 e. The lowest BCUT2D eigenvalue weighted by Gasteiger charge is -2.11. The molecule has 2 heterocycles. The van der Waals surface area contributed by atoms with Gasteiger partial charge in [0, 0.05) is 17.3 Å². The molecule has 4 aromatic rings. The van der Waals surface area contributed by atoms with Gasteiger partial charge in [0.2, 0.25) is 5.16 Å². The number of fused-ring (bicyclic) bond motifs is 1. The zero-order valence-corrected chi connectivity index (χ0v) is 18.1. The van der Waals surface area contributed by atoms with Crippen LogP contribution in [0.4, 0.5) is 0 Å². The predicted molar refractivity (Wildman–Crippen MR) is 117 cm³/mol. The lowest BCUT2D eigenvalue weighted by molar-refractivity contribution is 0.630. The molecular weight excluding hydrogens is 420 g/mol. The third kappa shape index (κ3) is 3.07. The van der Waals surface area contributed by atoms with E-state index in [-0.39, 0.29) is 10.8 Å². The second-order valence-electron chi connectivity index (χ2n) is 7.27. The number of nitrogens with zero attached hydrogens (tertiary/aromatic N) is 6. The first-order valence-corrected chi connectivity index (χ1v) is 10.9. The van der Waals surface area contributed by atoms with Crippen LogP contribution in [0.1, 0.15) is 28.5 Å². The number of benzene rings is 2. The summed E-state index contributed by atoms with van der Waals surface area (Å²) in [6.45, 7) is 1.90. The van der Waals surface area contributed by atoms with Crippen molar-refractivity contribution in [2.75, 3.05) is 0 Å². The second-order valence-corrected chi connectivity index (χ2v) is 8.88. The molecule has 0 spiro atoms. The molecule has 0 amide bonds. The molecule has 1 atom stereocenters. The van der Waals surface area contributed by atoms with Crippen molar-refractivity contribution in [2.45, 2.75) is 30.2 Å². The lowest BCUT2D eigenvalue weighted by Crippen LogP contribution is -2.22. The van der Waals surface area contributed by atoms with Crippen LogP contribution < -0.4 is 5.56 Å². The molecule has 1 aliphatic rings. The molecule has 0 fully saturated rings. The van der Waals surface area contributed by atoms with Gasteiger partial charge in [-0.3, -0.25) is 9.48 Å². The van der Waals surface area contributed by atoms with Crippen LogP contribution in [0.25, 0.3) is 11.4 Å². The van der Waals surface area contributed by atoms with Crippen molar-refractivity contribution in [3.8, 4) is 11.4 Å². The van der Waals surface area contributed by atoms with Gasteiger partial charge in [0.15, 0.2) is 5.69 Å². The van der Waals surface area contributed by atoms with Crippen LogP contribution in [-0.4, -0.2) is 29.6 Å². The van der Waals surface area contributed by atoms with Gasteiger partial charge in [-0.1, -0.05) is 47.6 Å². The Morgan fingerprint density at radius 3 is 2.77 bits per heavy atom. The van der Waals surface area contributed by atoms with E-state index in [1.165, 1.54) is 11.1 Å². The van der Waals surface area contributed by atoms with Gasteiger partial charge < -0.3 is 0 Å². The highest BCUT2D eigenvalue weighted by atomic mass is 35.5. The summed E-state index contributed by atoms with van der Waals surface area (Å²) < 4.78 is 5.02. The predicted octanol–water partition coefficient (Wildman–Crippen LogP) is 3.89. The van der Waals surface area contributed by atoms with Gasteiger partial charge in [-0.05, 0) is 65.6 Å². The molecule has 1 aliphatic carbocycles. The van der Waals surface area contributed by atoms with E-state index < -0.39 is 0 Å². The molecule has 2 aromatic carbocycles. The Balaban J connectivity index is 1.56. The van der Waals surface area contributed by atoms with Crippen LogP contribution in [0.15, 0.2) is 58.5 Å². The van der Waals surface area contributed by atoms with Crippen LogP contribution in [0, 0.1) is 6.92 Å². The zero-order chi connectivity index (χ0) is 20.8. The maximum atomic E-state index is 13.3. The maximum Gasteiger partial charge on any atom is 0.297 e. The van der Waals surface area contributed by atoms with Crippen molar-refractivity contribution in [3.05, 3.63) is 80.7 Å². The summed E-state index contributed by atoms with van der Waals surface area (Å²) >= 11 is 7.79. The Morgan fingerprint density at radius 1 is 1.17 bits per heavy atom. The van der Waals surface area contributed by atoms with Crippen molar-refractivity contribution in [1.29, 1.82) is 0 Å². The number of aromatic nitrogens is 6. The highest BCUT2D eigenvalue weighted by Crippen LogP contribution is 2.45. The van der Waals surface area contributed by atoms with Crippen LogP contribution in [0.2, 0.25) is 5.02 Å². The molecule has 2 aromatic heterocycles. The van der Waals surface area contributed by atoms with Crippen LogP contribution in [0.5, 0.6) is 0 Å². The summed E-state index contributed by atoms with van der Waals surface area (Å²) in [4.78, 5) is 13.3. The van der Waals surface area contributed by atoms with Crippen molar-refractivity contribution >= 4 is 23.4 Å². The largest absolute Gasteiger partial charge is 0.297 e. The first kappa shape index (κ1) is 19.1. The van der Waals surface area contributed by atoms with Gasteiger partial charge in [-0.2, -0.15) is 4.68 Å². The molecule has 0 radical (unpaired) electrons. The SMILES string of the molecule is Cc1c(-n2nnnc2SC2CCc3ccc(Cl)cc32)c(=O)n(-c2ccccc2)n1C. The highest BCUT2D eigenvalue weighted by molar-refractivity contribution is 7.99. The third-order valence-electron chi connectivity index (χ3n) is 5.55. The van der Waals surface area contributed by atoms with Gasteiger partial charge in [0.05, 0.1) is 11.4 Å². The lowest BCUT2D eigenvalue weighted by atomic mass is 10.1. The summed E-state index contributed by atoms with van der Waals surface area (Å²) in [6.07, 6.45) is 1.98. The molecule has 0 saturated heterocycles. The van der Waals surface area contributed by atoms with Gasteiger partial charge in [0.25, 0.3) is 5.56 Å². The summed E-state index contributed by atoms with van der Waals surface area (Å²) in [5, 5.41) is 13.8. The molecule has 30 heavy (non-hydrogen) atoms. The number of hydrogen-bond acceptors (Lipinski definition) is 5. The first-order chi connectivity index (χ1) is 14.5. The Morgan fingerprint density at radius 2 is 1.97 bits per heavy atom. The van der Waals surface area contributed by atoms with Crippen molar-refractivity contribution in [1.82, 2.24) is 29.6 Å². The molecule has 7 nitrogen and oxygen atoms in total. The molecule has 9 heteroatoms. The fourth-order valence-electron chi connectivity index (χ4n) is 3.98. The molecule has 0 aliphatic heterocycles. The van der Waals surface area contributed by atoms with E-state index in [0.717, 1.165) is 29.2 Å². The zero-order valence-electron chi connectivity index (χ0n) is 16.5. The van der Waals surface area contributed by atoms with E-state index in [9.17, 15) is 4.79 Å². The molecule has 152 valence electrons. The van der Waals surface area contributed by atoms with Crippen molar-refractivity contribution in [3.63, 3.8) is 0 Å². The van der Waals surface area contributed by atoms with E-state index in [0.29, 0.717) is 10.8 Å². The fraction of sp³-hybridized carbons (Fsp3) is 0.238. The highest BCUT2D eigenvalue weighted by Gasteiger charge is 2.28. The van der Waals surface area contributed by atoms with E-state index in [4.69, 9.17) is 11.6 Å². The Labute approximate surface area is 182 Å². The molecule has 0 bridgehead atoms. The normalized spacial score (nSPS) is 15.5. The maximum absolute atomic E-state index is 13.3. The number of para-hydroxylation sites is 1. The van der Waals surface area contributed by atoms with E-state index in [1.807, 2.05) is 61.1 Å². The monoisotopic (exact) mass is 438 g/mol. The quantitative estimate of drug-likeness (QED) is 0.483. The van der Waals surface area contributed by atoms with Crippen molar-refractivity contribution in [2.24, 2.45) is 7.05 Å². The third-order valence-corrected chi connectivity index (χ3v) is 7.03. The smallest absolute Gasteiger partial charge is 0.283 e. The number of rotatable bonds is 4. The van der Waals surface area contributed by atoms with Crippen LogP contribution >= 0.6 is 23.4 Å². The Hall–Kier alpha value is -2.84. The molecule has 0 N–H and O–H groups in total. The standard InChI is InChI=1S/C21H19ClN6OS/c1-13-19(20(29)28(26(13)2)16-6-4-3-5-7-16)27-21(23-24-25-27)30-18-11-9-14-8-10-15(22)12-17(14)18/h3-8,10,12,18H,9,11H2,1-2H3. The minimum absolute atomic E-state index is 0.162. The van der Waals surface area contributed by atoms with Gasteiger partial charge in [-0.25, -0.2) is 4.68 Å². The minimum atomic E-state index is -0.162. The fourth-order valence-corrected chi connectivity index (χ4v) is 5.30. The number of tetrazole rings is 1. The number of halogens is 1. The van der Waals surface area contributed by atoms with E-state index in [2.05, 4.69) is 21.6 Å². The summed E-state index contributed by atoms with van der Waals surface area (Å²) in [6, 6.07) is 15.6. The van der Waals surface area contributed by atoms with Crippen LogP contribution in [0.3, 0.4) is 0 Å². The topological polar surface area (TPSA) is 70.5 Å². The Kier molecular flexibility index (Phi) is 4.75. The molecule has 0 saturated carbocycles. The number of aryl methyl sites for hydroxylation is 1. The number of hydrogen-bond donors (Lipinski definition) is 0. The molecule has 5 rings (SSSR count). The van der Waals surface area contributed by atoms with E-state index in [1.54, 1.807) is 21.1 Å². The van der Waals surface area contributed by atoms with E-state index >= 15 is 0 Å². The van der Waals surface area contributed by atoms with Crippen molar-refractivity contribution < 1.29 is 0 Å². The number of thioether (sulfide) groups is 1. The first-order valence-electron chi connectivity index (χ1n) is 9.62.